The van der Waals surface area contributed by atoms with Crippen molar-refractivity contribution in [1.29, 1.82) is 0 Å². The van der Waals surface area contributed by atoms with E-state index < -0.39 is 10.0 Å². The molecule has 0 fully saturated rings. The van der Waals surface area contributed by atoms with Crippen LogP contribution in [0.15, 0.2) is 48.9 Å². The van der Waals surface area contributed by atoms with E-state index >= 15 is 0 Å². The van der Waals surface area contributed by atoms with Crippen LogP contribution in [-0.4, -0.2) is 41.3 Å². The summed E-state index contributed by atoms with van der Waals surface area (Å²) in [6.45, 7) is 2.51. The van der Waals surface area contributed by atoms with E-state index in [1.54, 1.807) is 35.0 Å². The van der Waals surface area contributed by atoms with Crippen LogP contribution in [0.1, 0.15) is 11.3 Å². The Balaban J connectivity index is 1.50. The number of halogens is 1. The number of hydrogen-bond acceptors (Lipinski definition) is 6. The van der Waals surface area contributed by atoms with Crippen molar-refractivity contribution in [2.24, 2.45) is 0 Å². The van der Waals surface area contributed by atoms with Crippen LogP contribution in [0.5, 0.6) is 0 Å². The van der Waals surface area contributed by atoms with Gasteiger partial charge >= 0.3 is 0 Å². The molecule has 0 spiro atoms. The Kier molecular flexibility index (Phi) is 6.04. The molecule has 2 N–H and O–H groups in total. The van der Waals surface area contributed by atoms with Crippen molar-refractivity contribution in [3.63, 3.8) is 0 Å². The summed E-state index contributed by atoms with van der Waals surface area (Å²) in [6, 6.07) is 10.3. The van der Waals surface area contributed by atoms with Gasteiger partial charge in [0, 0.05) is 30.4 Å². The van der Waals surface area contributed by atoms with Crippen molar-refractivity contribution in [2.45, 2.75) is 12.7 Å². The van der Waals surface area contributed by atoms with E-state index in [4.69, 9.17) is 11.6 Å². The van der Waals surface area contributed by atoms with E-state index in [0.717, 1.165) is 5.69 Å². The maximum absolute atomic E-state index is 12.1. The van der Waals surface area contributed by atoms with E-state index in [-0.39, 0.29) is 12.3 Å². The molecule has 0 unspecified atom stereocenters. The predicted molar refractivity (Wildman–Crippen MR) is 104 cm³/mol. The molecule has 0 amide bonds. The molecule has 0 saturated carbocycles. The molecule has 10 heteroatoms. The van der Waals surface area contributed by atoms with Crippen LogP contribution in [-0.2, 0) is 15.8 Å². The van der Waals surface area contributed by atoms with Crippen LogP contribution in [0, 0.1) is 6.92 Å². The Morgan fingerprint density at radius 1 is 1.11 bits per heavy atom. The van der Waals surface area contributed by atoms with Crippen LogP contribution in [0.4, 0.5) is 5.82 Å². The minimum Gasteiger partial charge on any atom is -0.369 e. The Hall–Kier alpha value is -2.49. The highest BCUT2D eigenvalue weighted by atomic mass is 35.5. The first kappa shape index (κ1) is 19.3. The average molecular weight is 407 g/mol. The van der Waals surface area contributed by atoms with Crippen molar-refractivity contribution < 1.29 is 8.42 Å². The highest BCUT2D eigenvalue weighted by molar-refractivity contribution is 7.88. The lowest BCUT2D eigenvalue weighted by Gasteiger charge is -2.09. The summed E-state index contributed by atoms with van der Waals surface area (Å²) >= 11 is 5.81. The third kappa shape index (κ3) is 5.75. The van der Waals surface area contributed by atoms with Gasteiger partial charge in [-0.1, -0.05) is 23.7 Å². The van der Waals surface area contributed by atoms with Crippen molar-refractivity contribution in [1.82, 2.24) is 24.5 Å². The summed E-state index contributed by atoms with van der Waals surface area (Å²) in [4.78, 5) is 8.30. The van der Waals surface area contributed by atoms with Crippen molar-refractivity contribution >= 4 is 27.4 Å². The van der Waals surface area contributed by atoms with Gasteiger partial charge in [0.1, 0.15) is 12.1 Å². The van der Waals surface area contributed by atoms with Gasteiger partial charge in [-0.2, -0.15) is 5.10 Å². The maximum atomic E-state index is 12.1. The van der Waals surface area contributed by atoms with Gasteiger partial charge in [0.25, 0.3) is 0 Å². The second-order valence-corrected chi connectivity index (χ2v) is 8.11. The first-order valence-electron chi connectivity index (χ1n) is 8.22. The number of anilines is 1. The molecule has 0 saturated heterocycles. The Bertz CT molecular complexity index is 1000. The van der Waals surface area contributed by atoms with E-state index in [1.807, 2.05) is 19.2 Å². The first-order chi connectivity index (χ1) is 12.9. The topological polar surface area (TPSA) is 102 Å². The van der Waals surface area contributed by atoms with Crippen molar-refractivity contribution in [3.8, 4) is 5.82 Å². The zero-order chi connectivity index (χ0) is 19.3. The van der Waals surface area contributed by atoms with E-state index in [0.29, 0.717) is 28.8 Å². The molecule has 1 aromatic carbocycles. The Labute approximate surface area is 162 Å². The molecule has 3 aromatic rings. The molecule has 2 aromatic heterocycles. The molecule has 142 valence electrons. The number of aryl methyl sites for hydroxylation is 1. The summed E-state index contributed by atoms with van der Waals surface area (Å²) in [5.74, 6) is 1.12. The summed E-state index contributed by atoms with van der Waals surface area (Å²) < 4.78 is 28.5. The number of hydrogen-bond donors (Lipinski definition) is 2. The summed E-state index contributed by atoms with van der Waals surface area (Å²) in [5, 5.41) is 7.94. The number of rotatable bonds is 8. The Morgan fingerprint density at radius 2 is 1.89 bits per heavy atom. The molecule has 3 rings (SSSR count). The standard InChI is InChI=1S/C17H19ClN6O2S/c1-13-6-9-24(23-13)17-10-16(20-12-21-17)19-7-8-22-27(25,26)11-14-2-4-15(18)5-3-14/h2-6,9-10,12,22H,7-8,11H2,1H3,(H,19,20,21). The van der Waals surface area contributed by atoms with Gasteiger partial charge in [-0.05, 0) is 30.7 Å². The summed E-state index contributed by atoms with van der Waals surface area (Å²) in [5.41, 5.74) is 1.56. The molecule has 0 aliphatic heterocycles. The number of nitrogens with one attached hydrogen (secondary N) is 2. The predicted octanol–water partition coefficient (Wildman–Crippen LogP) is 2.16. The Morgan fingerprint density at radius 3 is 2.59 bits per heavy atom. The lowest BCUT2D eigenvalue weighted by Crippen LogP contribution is -2.30. The lowest BCUT2D eigenvalue weighted by molar-refractivity contribution is 0.582. The first-order valence-corrected chi connectivity index (χ1v) is 10.2. The largest absolute Gasteiger partial charge is 0.369 e. The molecule has 0 aliphatic carbocycles. The van der Waals surface area contributed by atoms with Crippen LogP contribution in [0.2, 0.25) is 5.02 Å². The fourth-order valence-corrected chi connectivity index (χ4v) is 3.63. The molecule has 0 atom stereocenters. The lowest BCUT2D eigenvalue weighted by atomic mass is 10.2. The highest BCUT2D eigenvalue weighted by Gasteiger charge is 2.11. The second-order valence-electron chi connectivity index (χ2n) is 5.87. The van der Waals surface area contributed by atoms with Crippen LogP contribution < -0.4 is 10.0 Å². The zero-order valence-corrected chi connectivity index (χ0v) is 16.2. The van der Waals surface area contributed by atoms with Crippen LogP contribution in [0.3, 0.4) is 0 Å². The molecular formula is C17H19ClN6O2S. The third-order valence-electron chi connectivity index (χ3n) is 3.63. The average Bonchev–Trinajstić information content (AvgIpc) is 3.07. The van der Waals surface area contributed by atoms with Crippen molar-refractivity contribution in [2.75, 3.05) is 18.4 Å². The monoisotopic (exact) mass is 406 g/mol. The van der Waals surface area contributed by atoms with E-state index in [9.17, 15) is 8.42 Å². The number of benzene rings is 1. The maximum Gasteiger partial charge on any atom is 0.215 e. The van der Waals surface area contributed by atoms with Gasteiger partial charge in [0.15, 0.2) is 5.82 Å². The van der Waals surface area contributed by atoms with Crippen LogP contribution in [0.25, 0.3) is 5.82 Å². The van der Waals surface area contributed by atoms with Gasteiger partial charge in [-0.25, -0.2) is 27.8 Å². The minimum absolute atomic E-state index is 0.0968. The van der Waals surface area contributed by atoms with Gasteiger partial charge in [-0.15, -0.1) is 0 Å². The molecular weight excluding hydrogens is 388 g/mol. The highest BCUT2D eigenvalue weighted by Crippen LogP contribution is 2.12. The number of aromatic nitrogens is 4. The number of nitrogens with zero attached hydrogens (tertiary/aromatic N) is 4. The number of sulfonamides is 1. The van der Waals surface area contributed by atoms with Gasteiger partial charge in [-0.3, -0.25) is 0 Å². The molecule has 27 heavy (non-hydrogen) atoms. The smallest absolute Gasteiger partial charge is 0.215 e. The molecule has 8 nitrogen and oxygen atoms in total. The fourth-order valence-electron chi connectivity index (χ4n) is 2.36. The van der Waals surface area contributed by atoms with E-state index in [2.05, 4.69) is 25.1 Å². The SMILES string of the molecule is Cc1ccn(-c2cc(NCCNS(=O)(=O)Cc3ccc(Cl)cc3)ncn2)n1. The van der Waals surface area contributed by atoms with Gasteiger partial charge < -0.3 is 5.32 Å². The fraction of sp³-hybridized carbons (Fsp3) is 0.235. The third-order valence-corrected chi connectivity index (χ3v) is 5.24. The normalized spacial score (nSPS) is 11.5. The summed E-state index contributed by atoms with van der Waals surface area (Å²) in [7, 11) is -3.43. The second kappa shape index (κ2) is 8.47. The molecule has 0 bridgehead atoms. The van der Waals surface area contributed by atoms with Gasteiger partial charge in [0.05, 0.1) is 11.4 Å². The van der Waals surface area contributed by atoms with Crippen molar-refractivity contribution in [3.05, 3.63) is 65.2 Å². The zero-order valence-electron chi connectivity index (χ0n) is 14.6. The quantitative estimate of drug-likeness (QED) is 0.556. The summed E-state index contributed by atoms with van der Waals surface area (Å²) in [6.07, 6.45) is 3.24. The molecule has 2 heterocycles. The minimum atomic E-state index is -3.43. The van der Waals surface area contributed by atoms with E-state index in [1.165, 1.54) is 6.33 Å². The van der Waals surface area contributed by atoms with Gasteiger partial charge in [0.2, 0.25) is 10.0 Å². The van der Waals surface area contributed by atoms with Crippen LogP contribution >= 0.6 is 11.6 Å². The molecule has 0 aliphatic rings. The molecule has 0 radical (unpaired) electrons.